The summed E-state index contributed by atoms with van der Waals surface area (Å²) in [6.45, 7) is 0. The maximum absolute atomic E-state index is 6.22. The van der Waals surface area contributed by atoms with E-state index in [2.05, 4.69) is 176 Å². The van der Waals surface area contributed by atoms with E-state index in [1.807, 2.05) is 17.4 Å². The number of benzene rings is 10. The summed E-state index contributed by atoms with van der Waals surface area (Å²) in [6.07, 6.45) is 0. The molecule has 0 aliphatic heterocycles. The summed E-state index contributed by atoms with van der Waals surface area (Å²) >= 11 is 1.88. The van der Waals surface area contributed by atoms with Crippen LogP contribution in [0.4, 0.5) is 0 Å². The Balaban J connectivity index is 0.998. The summed E-state index contributed by atoms with van der Waals surface area (Å²) in [5, 5.41) is 15.1. The van der Waals surface area contributed by atoms with Crippen LogP contribution in [0.25, 0.3) is 119 Å². The van der Waals surface area contributed by atoms with E-state index in [1.54, 1.807) is 0 Å². The molecule has 0 aliphatic rings. The highest BCUT2D eigenvalue weighted by Gasteiger charge is 2.19. The fourth-order valence-electron chi connectivity index (χ4n) is 9.04. The molecule has 2 heteroatoms. The Morgan fingerprint density at radius 1 is 0.333 bits per heavy atom. The monoisotopic (exact) mass is 702 g/mol. The molecule has 12 rings (SSSR count). The molecule has 250 valence electrons. The van der Waals surface area contributed by atoms with Gasteiger partial charge < -0.3 is 4.42 Å². The lowest BCUT2D eigenvalue weighted by molar-refractivity contribution is 0.669. The van der Waals surface area contributed by atoms with E-state index in [4.69, 9.17) is 4.42 Å². The average Bonchev–Trinajstić information content (AvgIpc) is 3.81. The van der Waals surface area contributed by atoms with Gasteiger partial charge in [0.2, 0.25) is 0 Å². The molecule has 2 aromatic heterocycles. The summed E-state index contributed by atoms with van der Waals surface area (Å²) in [5.41, 5.74) is 9.40. The zero-order chi connectivity index (χ0) is 35.3. The molecule has 0 bridgehead atoms. The highest BCUT2D eigenvalue weighted by atomic mass is 32.1. The molecular weight excluding hydrogens is 673 g/mol. The second-order valence-corrected chi connectivity index (χ2v) is 15.4. The second-order valence-electron chi connectivity index (χ2n) is 14.3. The number of para-hydroxylation sites is 1. The van der Waals surface area contributed by atoms with Gasteiger partial charge in [0.05, 0.1) is 0 Å². The minimum absolute atomic E-state index is 0.936. The third kappa shape index (κ3) is 4.26. The minimum Gasteiger partial charge on any atom is -0.456 e. The van der Waals surface area contributed by atoms with Gasteiger partial charge in [-0.25, -0.2) is 0 Å². The summed E-state index contributed by atoms with van der Waals surface area (Å²) in [5.74, 6) is 0. The molecule has 10 aromatic carbocycles. The van der Waals surface area contributed by atoms with Crippen LogP contribution < -0.4 is 0 Å². The van der Waals surface area contributed by atoms with Gasteiger partial charge in [-0.3, -0.25) is 0 Å². The predicted octanol–water partition coefficient (Wildman–Crippen LogP) is 15.6. The third-order valence-corrected chi connectivity index (χ3v) is 12.7. The summed E-state index contributed by atoms with van der Waals surface area (Å²) in [4.78, 5) is 0. The van der Waals surface area contributed by atoms with E-state index in [0.29, 0.717) is 0 Å². The Bertz CT molecular complexity index is 3430. The van der Waals surface area contributed by atoms with E-state index in [-0.39, 0.29) is 0 Å². The van der Waals surface area contributed by atoms with E-state index in [0.717, 1.165) is 11.2 Å². The Labute approximate surface area is 314 Å². The van der Waals surface area contributed by atoms with Crippen LogP contribution in [0.5, 0.6) is 0 Å². The number of fused-ring (bicyclic) bond motifs is 12. The quantitative estimate of drug-likeness (QED) is 0.167. The van der Waals surface area contributed by atoms with Crippen molar-refractivity contribution >= 4 is 96.5 Å². The molecule has 2 heterocycles. The van der Waals surface area contributed by atoms with Crippen LogP contribution in [0.3, 0.4) is 0 Å². The third-order valence-electron chi connectivity index (χ3n) is 11.5. The average molecular weight is 703 g/mol. The van der Waals surface area contributed by atoms with Crippen molar-refractivity contribution in [2.45, 2.75) is 0 Å². The normalized spacial score (nSPS) is 12.1. The first kappa shape index (κ1) is 29.8. The van der Waals surface area contributed by atoms with Crippen molar-refractivity contribution in [1.82, 2.24) is 0 Å². The summed E-state index contributed by atoms with van der Waals surface area (Å²) in [7, 11) is 0. The van der Waals surface area contributed by atoms with Crippen LogP contribution >= 0.6 is 11.3 Å². The SMILES string of the molecule is c1ccc2c(-c3c4ccccc4c(-c4ccc(-c5ccc6sc7c(ccc8c7ccc7oc9ccccc9c78)c6c5)cc4)c4ccccc34)cccc2c1. The molecule has 0 radical (unpaired) electrons. The van der Waals surface area contributed by atoms with Gasteiger partial charge in [0.25, 0.3) is 0 Å². The standard InChI is InChI=1S/C52H30OS/c1-2-12-35-32(10-1)11-9-18-36(35)50-39-15-5-3-13-37(39)49(38-14-4-6-16-40(38)50)33-22-20-31(21-23-33)34-24-29-48-45(30-34)43-26-25-41-42(52(43)54-48)27-28-47-51(41)44-17-7-8-19-46(44)53-47/h1-30H. The molecule has 1 nitrogen and oxygen atoms in total. The number of furan rings is 1. The molecule has 0 aliphatic carbocycles. The number of rotatable bonds is 3. The van der Waals surface area contributed by atoms with Crippen molar-refractivity contribution in [3.05, 3.63) is 182 Å². The van der Waals surface area contributed by atoms with E-state index < -0.39 is 0 Å². The van der Waals surface area contributed by atoms with Crippen LogP contribution in [-0.2, 0) is 0 Å². The molecule has 0 saturated heterocycles. The Morgan fingerprint density at radius 2 is 0.907 bits per heavy atom. The van der Waals surface area contributed by atoms with Crippen LogP contribution in [0, 0.1) is 0 Å². The Hall–Kier alpha value is -6.74. The molecule has 0 saturated carbocycles. The smallest absolute Gasteiger partial charge is 0.136 e. The van der Waals surface area contributed by atoms with E-state index in [1.165, 1.54) is 107 Å². The van der Waals surface area contributed by atoms with Crippen molar-refractivity contribution < 1.29 is 4.42 Å². The highest BCUT2D eigenvalue weighted by Crippen LogP contribution is 2.47. The first-order valence-electron chi connectivity index (χ1n) is 18.5. The fraction of sp³-hybridized carbons (Fsp3) is 0. The van der Waals surface area contributed by atoms with Gasteiger partial charge in [0.15, 0.2) is 0 Å². The number of hydrogen-bond donors (Lipinski definition) is 0. The molecule has 0 atom stereocenters. The van der Waals surface area contributed by atoms with Crippen molar-refractivity contribution in [1.29, 1.82) is 0 Å². The molecular formula is C52H30OS. The first-order valence-corrected chi connectivity index (χ1v) is 19.3. The van der Waals surface area contributed by atoms with Crippen molar-refractivity contribution in [3.8, 4) is 33.4 Å². The lowest BCUT2D eigenvalue weighted by atomic mass is 9.84. The Kier molecular flexibility index (Phi) is 6.28. The Morgan fingerprint density at radius 3 is 1.69 bits per heavy atom. The second kappa shape index (κ2) is 11.4. The van der Waals surface area contributed by atoms with Gasteiger partial charge in [0.1, 0.15) is 11.2 Å². The van der Waals surface area contributed by atoms with Crippen molar-refractivity contribution in [2.24, 2.45) is 0 Å². The van der Waals surface area contributed by atoms with E-state index in [9.17, 15) is 0 Å². The number of hydrogen-bond acceptors (Lipinski definition) is 2. The lowest BCUT2D eigenvalue weighted by Crippen LogP contribution is -1.91. The molecule has 0 spiro atoms. The predicted molar refractivity (Wildman–Crippen MR) is 233 cm³/mol. The molecule has 0 N–H and O–H groups in total. The van der Waals surface area contributed by atoms with Gasteiger partial charge in [-0.05, 0) is 101 Å². The van der Waals surface area contributed by atoms with Crippen LogP contribution in [0.1, 0.15) is 0 Å². The molecule has 0 fully saturated rings. The van der Waals surface area contributed by atoms with E-state index >= 15 is 0 Å². The molecule has 54 heavy (non-hydrogen) atoms. The van der Waals surface area contributed by atoms with Gasteiger partial charge in [-0.2, -0.15) is 0 Å². The highest BCUT2D eigenvalue weighted by molar-refractivity contribution is 7.26. The van der Waals surface area contributed by atoms with Gasteiger partial charge in [-0.15, -0.1) is 11.3 Å². The molecule has 12 aromatic rings. The topological polar surface area (TPSA) is 13.1 Å². The first-order chi connectivity index (χ1) is 26.8. The van der Waals surface area contributed by atoms with Crippen molar-refractivity contribution in [3.63, 3.8) is 0 Å². The zero-order valence-electron chi connectivity index (χ0n) is 29.1. The number of thiophene rings is 1. The fourth-order valence-corrected chi connectivity index (χ4v) is 10.3. The van der Waals surface area contributed by atoms with Gasteiger partial charge in [-0.1, -0.05) is 152 Å². The maximum atomic E-state index is 6.22. The van der Waals surface area contributed by atoms with Gasteiger partial charge in [0, 0.05) is 36.3 Å². The van der Waals surface area contributed by atoms with Crippen LogP contribution in [0.15, 0.2) is 186 Å². The molecule has 0 unspecified atom stereocenters. The minimum atomic E-state index is 0.936. The van der Waals surface area contributed by atoms with Crippen LogP contribution in [-0.4, -0.2) is 0 Å². The van der Waals surface area contributed by atoms with Gasteiger partial charge >= 0.3 is 0 Å². The maximum Gasteiger partial charge on any atom is 0.136 e. The summed E-state index contributed by atoms with van der Waals surface area (Å²) < 4.78 is 8.85. The molecule has 0 amide bonds. The zero-order valence-corrected chi connectivity index (χ0v) is 30.0. The lowest BCUT2D eigenvalue weighted by Gasteiger charge is -2.19. The summed E-state index contributed by atoms with van der Waals surface area (Å²) in [6, 6.07) is 66.7. The van der Waals surface area contributed by atoms with Crippen molar-refractivity contribution in [2.75, 3.05) is 0 Å². The van der Waals surface area contributed by atoms with Crippen LogP contribution in [0.2, 0.25) is 0 Å². The largest absolute Gasteiger partial charge is 0.456 e.